The molecule has 0 aromatic heterocycles. The van der Waals surface area contributed by atoms with E-state index >= 15 is 0 Å². The molecule has 0 bridgehead atoms. The summed E-state index contributed by atoms with van der Waals surface area (Å²) < 4.78 is 0. The van der Waals surface area contributed by atoms with Crippen LogP contribution in [0, 0.1) is 5.41 Å². The molecule has 0 saturated heterocycles. The van der Waals surface area contributed by atoms with Gasteiger partial charge in [-0.1, -0.05) is 50.1 Å². The Labute approximate surface area is 115 Å². The maximum absolute atomic E-state index is 12.3. The summed E-state index contributed by atoms with van der Waals surface area (Å²) in [5, 5.41) is 3.10. The summed E-state index contributed by atoms with van der Waals surface area (Å²) in [5.41, 5.74) is 6.79. The minimum atomic E-state index is -0.295. The number of carbonyl (C=O) groups is 1. The smallest absolute Gasteiger partial charge is 0.227 e. The van der Waals surface area contributed by atoms with Gasteiger partial charge in [0.1, 0.15) is 0 Å². The predicted molar refractivity (Wildman–Crippen MR) is 77.8 cm³/mol. The second kappa shape index (κ2) is 6.20. The molecule has 1 fully saturated rings. The minimum absolute atomic E-state index is 0.148. The third-order valence-corrected chi connectivity index (χ3v) is 4.37. The molecule has 19 heavy (non-hydrogen) atoms. The van der Waals surface area contributed by atoms with Crippen molar-refractivity contribution in [1.29, 1.82) is 0 Å². The van der Waals surface area contributed by atoms with Gasteiger partial charge in [-0.2, -0.15) is 0 Å². The molecule has 1 aliphatic rings. The zero-order valence-corrected chi connectivity index (χ0v) is 11.7. The molecular weight excluding hydrogens is 236 g/mol. The molecule has 0 spiro atoms. The van der Waals surface area contributed by atoms with E-state index in [1.54, 1.807) is 0 Å². The summed E-state index contributed by atoms with van der Waals surface area (Å²) in [6.07, 6.45) is 4.13. The molecular formula is C16H24N2O. The van der Waals surface area contributed by atoms with Gasteiger partial charge in [-0.3, -0.25) is 4.79 Å². The highest BCUT2D eigenvalue weighted by atomic mass is 16.2. The highest BCUT2D eigenvalue weighted by Gasteiger charge is 2.39. The van der Waals surface area contributed by atoms with Crippen LogP contribution in [0.1, 0.15) is 44.1 Å². The molecule has 1 aliphatic carbocycles. The number of rotatable bonds is 5. The van der Waals surface area contributed by atoms with Crippen molar-refractivity contribution < 1.29 is 4.79 Å². The van der Waals surface area contributed by atoms with E-state index in [2.05, 4.69) is 24.4 Å². The van der Waals surface area contributed by atoms with Crippen LogP contribution in [-0.2, 0) is 4.79 Å². The fraction of sp³-hybridized carbons (Fsp3) is 0.562. The molecule has 0 aliphatic heterocycles. The Morgan fingerprint density at radius 3 is 2.53 bits per heavy atom. The first-order valence-corrected chi connectivity index (χ1v) is 7.21. The number of hydrogen-bond acceptors (Lipinski definition) is 2. The first kappa shape index (κ1) is 14.1. The highest BCUT2D eigenvalue weighted by Crippen LogP contribution is 2.37. The quantitative estimate of drug-likeness (QED) is 0.854. The average Bonchev–Trinajstić information content (AvgIpc) is 2.95. The van der Waals surface area contributed by atoms with Gasteiger partial charge in [0.05, 0.1) is 5.41 Å². The molecule has 3 N–H and O–H groups in total. The number of nitrogens with one attached hydrogen (secondary N) is 1. The van der Waals surface area contributed by atoms with Crippen molar-refractivity contribution in [1.82, 2.24) is 5.32 Å². The Balaban J connectivity index is 1.90. The van der Waals surface area contributed by atoms with Crippen LogP contribution < -0.4 is 11.1 Å². The third kappa shape index (κ3) is 3.16. The van der Waals surface area contributed by atoms with Crippen molar-refractivity contribution in [2.45, 2.75) is 38.5 Å². The predicted octanol–water partition coefficient (Wildman–Crippen LogP) is 2.43. The highest BCUT2D eigenvalue weighted by molar-refractivity contribution is 5.83. The molecule has 1 aromatic carbocycles. The summed E-state index contributed by atoms with van der Waals surface area (Å²) in [5.74, 6) is 0.483. The maximum Gasteiger partial charge on any atom is 0.227 e. The number of nitrogens with two attached hydrogens (primary N) is 1. The molecule has 1 saturated carbocycles. The van der Waals surface area contributed by atoms with Crippen LogP contribution in [-0.4, -0.2) is 19.0 Å². The number of benzene rings is 1. The Morgan fingerprint density at radius 2 is 1.95 bits per heavy atom. The first-order chi connectivity index (χ1) is 9.18. The average molecular weight is 260 g/mol. The van der Waals surface area contributed by atoms with Gasteiger partial charge in [0.25, 0.3) is 0 Å². The van der Waals surface area contributed by atoms with E-state index in [1.165, 1.54) is 5.56 Å². The molecule has 2 rings (SSSR count). The van der Waals surface area contributed by atoms with Crippen molar-refractivity contribution >= 4 is 5.91 Å². The number of amides is 1. The van der Waals surface area contributed by atoms with Crippen molar-refractivity contribution in [2.75, 3.05) is 13.1 Å². The Hall–Kier alpha value is -1.35. The number of carbonyl (C=O) groups excluding carboxylic acids is 1. The van der Waals surface area contributed by atoms with Crippen molar-refractivity contribution in [3.05, 3.63) is 35.9 Å². The fourth-order valence-corrected chi connectivity index (χ4v) is 2.91. The molecule has 104 valence electrons. The van der Waals surface area contributed by atoms with Crippen LogP contribution in [0.2, 0.25) is 0 Å². The van der Waals surface area contributed by atoms with Crippen LogP contribution in [0.5, 0.6) is 0 Å². The van der Waals surface area contributed by atoms with Crippen molar-refractivity contribution in [2.24, 2.45) is 11.1 Å². The molecule has 0 radical (unpaired) electrons. The zero-order valence-electron chi connectivity index (χ0n) is 11.7. The van der Waals surface area contributed by atoms with E-state index in [0.29, 0.717) is 19.0 Å². The Kier molecular flexibility index (Phi) is 4.59. The monoisotopic (exact) mass is 260 g/mol. The second-order valence-corrected chi connectivity index (χ2v) is 5.71. The zero-order chi connectivity index (χ0) is 13.7. The normalized spacial score (nSPS) is 19.1. The largest absolute Gasteiger partial charge is 0.355 e. The van der Waals surface area contributed by atoms with Gasteiger partial charge < -0.3 is 11.1 Å². The van der Waals surface area contributed by atoms with E-state index in [1.807, 2.05) is 18.2 Å². The van der Waals surface area contributed by atoms with Gasteiger partial charge in [0.15, 0.2) is 0 Å². The van der Waals surface area contributed by atoms with Crippen molar-refractivity contribution in [3.8, 4) is 0 Å². The van der Waals surface area contributed by atoms with Gasteiger partial charge in [-0.25, -0.2) is 0 Å². The lowest BCUT2D eigenvalue weighted by Gasteiger charge is -2.26. The topological polar surface area (TPSA) is 55.1 Å². The van der Waals surface area contributed by atoms with Gasteiger partial charge in [-0.15, -0.1) is 0 Å². The molecule has 1 unspecified atom stereocenters. The summed E-state index contributed by atoms with van der Waals surface area (Å²) in [6.45, 7) is 3.29. The Bertz CT molecular complexity index is 410. The van der Waals surface area contributed by atoms with Gasteiger partial charge in [-0.05, 0) is 24.3 Å². The second-order valence-electron chi connectivity index (χ2n) is 5.71. The summed E-state index contributed by atoms with van der Waals surface area (Å²) in [4.78, 5) is 12.3. The van der Waals surface area contributed by atoms with E-state index in [-0.39, 0.29) is 11.3 Å². The maximum atomic E-state index is 12.3. The van der Waals surface area contributed by atoms with E-state index < -0.39 is 0 Å². The summed E-state index contributed by atoms with van der Waals surface area (Å²) in [7, 11) is 0. The standard InChI is InChI=1S/C16H24N2O/c1-13(14-7-3-2-4-8-14)11-18-15(19)16(12-17)9-5-6-10-16/h2-4,7-8,13H,5-6,9-12,17H2,1H3,(H,18,19). The van der Waals surface area contributed by atoms with Crippen LogP contribution in [0.25, 0.3) is 0 Å². The number of hydrogen-bond donors (Lipinski definition) is 2. The Morgan fingerprint density at radius 1 is 1.32 bits per heavy atom. The first-order valence-electron chi connectivity index (χ1n) is 7.21. The van der Waals surface area contributed by atoms with Gasteiger partial charge >= 0.3 is 0 Å². The van der Waals surface area contributed by atoms with Crippen molar-refractivity contribution in [3.63, 3.8) is 0 Å². The van der Waals surface area contributed by atoms with Crippen LogP contribution in [0.15, 0.2) is 30.3 Å². The van der Waals surface area contributed by atoms with E-state index in [0.717, 1.165) is 25.7 Å². The third-order valence-electron chi connectivity index (χ3n) is 4.37. The molecule has 1 amide bonds. The molecule has 3 heteroatoms. The lowest BCUT2D eigenvalue weighted by molar-refractivity contribution is -0.130. The molecule has 3 nitrogen and oxygen atoms in total. The van der Waals surface area contributed by atoms with Gasteiger partial charge in [0.2, 0.25) is 5.91 Å². The SMILES string of the molecule is CC(CNC(=O)C1(CN)CCCC1)c1ccccc1. The van der Waals surface area contributed by atoms with Crippen LogP contribution in [0.3, 0.4) is 0 Å². The molecule has 1 aromatic rings. The lowest BCUT2D eigenvalue weighted by Crippen LogP contribution is -2.45. The summed E-state index contributed by atoms with van der Waals surface area (Å²) in [6, 6.07) is 10.3. The van der Waals surface area contributed by atoms with Gasteiger partial charge in [0, 0.05) is 13.1 Å². The lowest BCUT2D eigenvalue weighted by atomic mass is 9.85. The van der Waals surface area contributed by atoms with E-state index in [9.17, 15) is 4.79 Å². The minimum Gasteiger partial charge on any atom is -0.355 e. The fourth-order valence-electron chi connectivity index (χ4n) is 2.91. The van der Waals surface area contributed by atoms with E-state index in [4.69, 9.17) is 5.73 Å². The summed E-state index contributed by atoms with van der Waals surface area (Å²) >= 11 is 0. The molecule has 0 heterocycles. The van der Waals surface area contributed by atoms with Crippen LogP contribution in [0.4, 0.5) is 0 Å². The van der Waals surface area contributed by atoms with Crippen LogP contribution >= 0.6 is 0 Å². The molecule has 1 atom stereocenters.